The third-order valence-electron chi connectivity index (χ3n) is 6.58. The quantitative estimate of drug-likeness (QED) is 0.757. The molecule has 8 nitrogen and oxygen atoms in total. The maximum Gasteiger partial charge on any atom is 0.221 e. The molecule has 2 aliphatic heterocycles. The molecule has 0 bridgehead atoms. The van der Waals surface area contributed by atoms with E-state index in [0.29, 0.717) is 18.4 Å². The zero-order chi connectivity index (χ0) is 21.1. The predicted molar refractivity (Wildman–Crippen MR) is 111 cm³/mol. The number of nitrogens with zero attached hydrogens (tertiary/aromatic N) is 3. The smallest absolute Gasteiger partial charge is 0.221 e. The topological polar surface area (TPSA) is 92.8 Å². The Morgan fingerprint density at radius 3 is 2.77 bits per heavy atom. The lowest BCUT2D eigenvalue weighted by molar-refractivity contribution is -0.0943. The zero-order valence-corrected chi connectivity index (χ0v) is 18.1. The van der Waals surface area contributed by atoms with E-state index in [9.17, 15) is 5.26 Å². The second-order valence-corrected chi connectivity index (χ2v) is 8.41. The summed E-state index contributed by atoms with van der Waals surface area (Å²) >= 11 is 0. The van der Waals surface area contributed by atoms with Gasteiger partial charge >= 0.3 is 0 Å². The average Bonchev–Trinajstić information content (AvgIpc) is 3.13. The molecule has 1 aliphatic carbocycles. The highest BCUT2D eigenvalue weighted by Crippen LogP contribution is 2.47. The maximum atomic E-state index is 9.83. The molecule has 4 unspecified atom stereocenters. The molecule has 0 amide bonds. The third kappa shape index (κ3) is 4.40. The molecule has 1 saturated carbocycles. The van der Waals surface area contributed by atoms with Crippen molar-refractivity contribution in [2.24, 2.45) is 5.92 Å². The van der Waals surface area contributed by atoms with Crippen molar-refractivity contribution in [3.63, 3.8) is 0 Å². The van der Waals surface area contributed by atoms with Gasteiger partial charge in [0.2, 0.25) is 5.88 Å². The Morgan fingerprint density at radius 1 is 1.23 bits per heavy atom. The average molecular weight is 417 g/mol. The van der Waals surface area contributed by atoms with Crippen molar-refractivity contribution in [1.82, 2.24) is 9.88 Å². The number of hydrogen-bond acceptors (Lipinski definition) is 8. The summed E-state index contributed by atoms with van der Waals surface area (Å²) in [5.41, 5.74) is 2.45. The van der Waals surface area contributed by atoms with Crippen LogP contribution in [0.3, 0.4) is 0 Å². The van der Waals surface area contributed by atoms with Gasteiger partial charge in [-0.25, -0.2) is 4.98 Å². The van der Waals surface area contributed by atoms with Crippen LogP contribution in [0.25, 0.3) is 0 Å². The summed E-state index contributed by atoms with van der Waals surface area (Å²) in [6.45, 7) is 8.96. The normalized spacial score (nSPS) is 29.9. The Kier molecular flexibility index (Phi) is 6.74. The summed E-state index contributed by atoms with van der Waals surface area (Å²) in [5, 5.41) is 13.0. The van der Waals surface area contributed by atoms with Crippen LogP contribution in [0.5, 0.6) is 0 Å². The van der Waals surface area contributed by atoms with Gasteiger partial charge in [-0.2, -0.15) is 5.26 Å². The lowest BCUT2D eigenvalue weighted by atomic mass is 9.72. The van der Waals surface area contributed by atoms with Gasteiger partial charge in [-0.15, -0.1) is 0 Å². The van der Waals surface area contributed by atoms with Crippen molar-refractivity contribution >= 4 is 5.88 Å². The summed E-state index contributed by atoms with van der Waals surface area (Å²) in [5.74, 6) is 1.50. The van der Waals surface area contributed by atoms with E-state index in [0.717, 1.165) is 69.1 Å². The first-order valence-corrected chi connectivity index (χ1v) is 10.9. The summed E-state index contributed by atoms with van der Waals surface area (Å²) < 4.78 is 23.2. The van der Waals surface area contributed by atoms with Crippen LogP contribution in [0.1, 0.15) is 43.7 Å². The van der Waals surface area contributed by atoms with Crippen LogP contribution in [-0.4, -0.2) is 68.7 Å². The van der Waals surface area contributed by atoms with E-state index >= 15 is 0 Å². The molecule has 4 atom stereocenters. The van der Waals surface area contributed by atoms with Crippen LogP contribution < -0.4 is 5.32 Å². The fourth-order valence-electron chi connectivity index (χ4n) is 5.00. The van der Waals surface area contributed by atoms with Crippen LogP contribution in [-0.2, 0) is 14.2 Å². The van der Waals surface area contributed by atoms with Crippen molar-refractivity contribution in [2.75, 3.05) is 51.9 Å². The van der Waals surface area contributed by atoms with E-state index in [2.05, 4.69) is 21.3 Å². The lowest BCUT2D eigenvalue weighted by Gasteiger charge is -2.39. The molecule has 1 saturated heterocycles. The molecule has 0 spiro atoms. The zero-order valence-electron chi connectivity index (χ0n) is 18.1. The van der Waals surface area contributed by atoms with Crippen LogP contribution in [0.2, 0.25) is 0 Å². The minimum atomic E-state index is -0.0596. The molecular weight excluding hydrogens is 384 g/mol. The number of allylic oxidation sites excluding steroid dienone is 2. The number of hydrogen-bond donors (Lipinski definition) is 1. The fraction of sp³-hybridized carbons (Fsp3) is 0.727. The Labute approximate surface area is 178 Å². The van der Waals surface area contributed by atoms with Gasteiger partial charge < -0.3 is 23.9 Å². The second-order valence-electron chi connectivity index (χ2n) is 8.41. The van der Waals surface area contributed by atoms with Gasteiger partial charge in [-0.05, 0) is 32.1 Å². The highest BCUT2D eigenvalue weighted by molar-refractivity contribution is 5.57. The molecule has 2 fully saturated rings. The van der Waals surface area contributed by atoms with E-state index in [4.69, 9.17) is 18.6 Å². The van der Waals surface area contributed by atoms with Gasteiger partial charge in [0.05, 0.1) is 43.7 Å². The first-order valence-electron chi connectivity index (χ1n) is 10.9. The minimum Gasteiger partial charge on any atom is -0.425 e. The van der Waals surface area contributed by atoms with Crippen LogP contribution in [0.15, 0.2) is 15.7 Å². The van der Waals surface area contributed by atoms with E-state index < -0.39 is 0 Å². The van der Waals surface area contributed by atoms with Gasteiger partial charge in [0.15, 0.2) is 5.89 Å². The molecule has 30 heavy (non-hydrogen) atoms. The van der Waals surface area contributed by atoms with Crippen molar-refractivity contribution in [2.45, 2.75) is 51.2 Å². The molecule has 8 heteroatoms. The number of methoxy groups -OCH3 is 1. The molecular formula is C22H32N4O4. The van der Waals surface area contributed by atoms with Crippen LogP contribution >= 0.6 is 0 Å². The van der Waals surface area contributed by atoms with E-state index in [-0.39, 0.29) is 24.0 Å². The second kappa shape index (κ2) is 9.48. The van der Waals surface area contributed by atoms with Crippen molar-refractivity contribution in [3.05, 3.63) is 22.9 Å². The molecule has 3 aliphatic rings. The highest BCUT2D eigenvalue weighted by Gasteiger charge is 2.41. The molecule has 4 rings (SSSR count). The van der Waals surface area contributed by atoms with E-state index in [1.807, 2.05) is 13.8 Å². The molecule has 0 radical (unpaired) electrons. The van der Waals surface area contributed by atoms with E-state index in [1.165, 1.54) is 0 Å². The Bertz CT molecular complexity index is 809. The molecule has 3 heterocycles. The first-order chi connectivity index (χ1) is 14.6. The number of aryl methyl sites for hydroxylation is 1. The van der Waals surface area contributed by atoms with Crippen molar-refractivity contribution in [3.8, 4) is 6.07 Å². The number of oxazole rings is 1. The third-order valence-corrected chi connectivity index (χ3v) is 6.58. The highest BCUT2D eigenvalue weighted by atomic mass is 16.5. The van der Waals surface area contributed by atoms with Crippen LogP contribution in [0.4, 0.5) is 5.88 Å². The number of rotatable bonds is 6. The van der Waals surface area contributed by atoms with Gasteiger partial charge in [-0.3, -0.25) is 4.90 Å². The van der Waals surface area contributed by atoms with E-state index in [1.54, 1.807) is 7.11 Å². The molecule has 164 valence electrons. The number of aromatic nitrogens is 1. The standard InChI is InChI=1S/C22H32N4O4/c1-14-17(13-23)20(21-22(24-14)30-15(2)25-21)16-4-5-18(19(12-16)27-3)29-11-8-26-6-9-28-10-7-26/h16,18-20,24H,4-12H2,1-3H3. The first kappa shape index (κ1) is 21.3. The van der Waals surface area contributed by atoms with Gasteiger partial charge in [0.1, 0.15) is 5.69 Å². The molecule has 1 aromatic heterocycles. The number of morpholine rings is 1. The number of nitriles is 1. The van der Waals surface area contributed by atoms with Gasteiger partial charge in [0, 0.05) is 45.3 Å². The number of fused-ring (bicyclic) bond motifs is 1. The minimum absolute atomic E-state index is 0.0139. The summed E-state index contributed by atoms with van der Waals surface area (Å²) in [4.78, 5) is 6.99. The maximum absolute atomic E-state index is 9.83. The predicted octanol–water partition coefficient (Wildman–Crippen LogP) is 2.82. The Balaban J connectivity index is 1.41. The number of ether oxygens (including phenoxy) is 3. The Morgan fingerprint density at radius 2 is 2.03 bits per heavy atom. The summed E-state index contributed by atoms with van der Waals surface area (Å²) in [7, 11) is 1.76. The van der Waals surface area contributed by atoms with Crippen molar-refractivity contribution < 1.29 is 18.6 Å². The largest absolute Gasteiger partial charge is 0.425 e. The summed E-state index contributed by atoms with van der Waals surface area (Å²) in [6, 6.07) is 2.41. The molecule has 0 aromatic carbocycles. The van der Waals surface area contributed by atoms with Crippen molar-refractivity contribution in [1.29, 1.82) is 5.26 Å². The molecule has 1 N–H and O–H groups in total. The van der Waals surface area contributed by atoms with Gasteiger partial charge in [0.25, 0.3) is 0 Å². The van der Waals surface area contributed by atoms with Crippen LogP contribution in [0, 0.1) is 24.2 Å². The number of nitrogens with one attached hydrogen (secondary N) is 1. The monoisotopic (exact) mass is 416 g/mol. The molecule has 1 aromatic rings. The fourth-order valence-corrected chi connectivity index (χ4v) is 5.00. The number of anilines is 1. The Hall–Kier alpha value is -1.92. The van der Waals surface area contributed by atoms with Gasteiger partial charge in [-0.1, -0.05) is 0 Å². The lowest BCUT2D eigenvalue weighted by Crippen LogP contribution is -2.42. The summed E-state index contributed by atoms with van der Waals surface area (Å²) in [6.07, 6.45) is 2.83. The SMILES string of the molecule is COC1CC(C2C(C#N)=C(C)Nc3oc(C)nc32)CCC1OCCN1CCOCC1.